The number of hydrogen-bond acceptors (Lipinski definition) is 6. The molecule has 0 aliphatic carbocycles. The van der Waals surface area contributed by atoms with E-state index in [1.165, 1.54) is 7.11 Å². The summed E-state index contributed by atoms with van der Waals surface area (Å²) in [6.07, 6.45) is -3.69. The lowest BCUT2D eigenvalue weighted by Gasteiger charge is -2.34. The molecule has 178 valence electrons. The Hall–Kier alpha value is -3.89. The zero-order chi connectivity index (χ0) is 23.9. The van der Waals surface area contributed by atoms with Crippen molar-refractivity contribution < 1.29 is 32.2 Å². The molecule has 11 heteroatoms. The number of carbonyl (C=O) groups excluding carboxylic acids is 1. The van der Waals surface area contributed by atoms with Crippen molar-refractivity contribution in [3.63, 3.8) is 0 Å². The first kappa shape index (κ1) is 21.9. The van der Waals surface area contributed by atoms with E-state index in [0.717, 1.165) is 16.4 Å². The number of aromatic nitrogens is 2. The molecular weight excluding hydrogens is 453 g/mol. The molecule has 2 N–H and O–H groups in total. The molecule has 1 aromatic heterocycles. The molecule has 3 aromatic rings. The first-order valence-electron chi connectivity index (χ1n) is 10.6. The van der Waals surface area contributed by atoms with Gasteiger partial charge in [0.1, 0.15) is 17.1 Å². The van der Waals surface area contributed by atoms with Crippen molar-refractivity contribution in [3.05, 3.63) is 65.4 Å². The molecule has 2 aliphatic rings. The van der Waals surface area contributed by atoms with Crippen molar-refractivity contribution in [1.29, 1.82) is 0 Å². The fourth-order valence-electron chi connectivity index (χ4n) is 4.22. The minimum atomic E-state index is -4.55. The van der Waals surface area contributed by atoms with Gasteiger partial charge in [-0.05, 0) is 23.8 Å². The van der Waals surface area contributed by atoms with Gasteiger partial charge >= 0.3 is 6.18 Å². The smallest absolute Gasteiger partial charge is 0.410 e. The minimum absolute atomic E-state index is 0.00710. The van der Waals surface area contributed by atoms with Crippen molar-refractivity contribution in [2.24, 2.45) is 0 Å². The summed E-state index contributed by atoms with van der Waals surface area (Å²) < 4.78 is 58.6. The Balaban J connectivity index is 1.41. The second-order valence-electron chi connectivity index (χ2n) is 7.95. The lowest BCUT2D eigenvalue weighted by Crippen LogP contribution is -2.36. The Bertz CT molecular complexity index is 1230. The highest BCUT2D eigenvalue weighted by Gasteiger charge is 2.47. The van der Waals surface area contributed by atoms with Crippen LogP contribution in [0.2, 0.25) is 0 Å². The van der Waals surface area contributed by atoms with Crippen molar-refractivity contribution in [3.8, 4) is 17.2 Å². The number of alkyl halides is 3. The van der Waals surface area contributed by atoms with Gasteiger partial charge in [-0.2, -0.15) is 18.3 Å². The molecule has 0 spiro atoms. The second-order valence-corrected chi connectivity index (χ2v) is 7.95. The van der Waals surface area contributed by atoms with Gasteiger partial charge in [-0.1, -0.05) is 24.3 Å². The fraction of sp³-hybridized carbons (Fsp3) is 0.304. The number of nitrogens with zero attached hydrogens (tertiary/aromatic N) is 2. The first-order chi connectivity index (χ1) is 16.3. The average Bonchev–Trinajstić information content (AvgIpc) is 3.47. The third-order valence-corrected chi connectivity index (χ3v) is 5.89. The number of anilines is 1. The summed E-state index contributed by atoms with van der Waals surface area (Å²) in [7, 11) is 1.46. The van der Waals surface area contributed by atoms with Crippen molar-refractivity contribution in [1.82, 2.24) is 15.1 Å². The molecular formula is C23H21F3N4O4. The predicted octanol–water partition coefficient (Wildman–Crippen LogP) is 4.21. The highest BCUT2D eigenvalue weighted by atomic mass is 19.4. The van der Waals surface area contributed by atoms with Crippen molar-refractivity contribution in [2.45, 2.75) is 31.2 Å². The third kappa shape index (κ3) is 3.97. The number of rotatable bonds is 5. The summed E-state index contributed by atoms with van der Waals surface area (Å²) in [5.74, 6) is 1.11. The van der Waals surface area contributed by atoms with Crippen LogP contribution in [0.15, 0.2) is 48.7 Å². The largest absolute Gasteiger partial charge is 0.496 e. The molecule has 0 radical (unpaired) electrons. The molecule has 2 atom stereocenters. The van der Waals surface area contributed by atoms with Crippen molar-refractivity contribution >= 4 is 11.7 Å². The molecule has 2 aliphatic heterocycles. The Morgan fingerprint density at radius 3 is 2.82 bits per heavy atom. The van der Waals surface area contributed by atoms with Crippen LogP contribution in [0, 0.1) is 0 Å². The number of ether oxygens (including phenoxy) is 3. The standard InChI is InChI=1S/C23H21F3N4O4/c1-32-17-5-3-2-4-14(17)16-9-20(23(24,25)26)30-21(29-16)15(11-28-30)22(31)27-10-13-6-7-18-19(8-13)34-12-33-18/h2-8,11,16,20,29H,9-10,12H2,1H3,(H,27,31). The van der Waals surface area contributed by atoms with Gasteiger partial charge in [0.15, 0.2) is 17.5 Å². The molecule has 5 rings (SSSR count). The molecule has 3 heterocycles. The summed E-state index contributed by atoms with van der Waals surface area (Å²) in [5.41, 5.74) is 1.35. The summed E-state index contributed by atoms with van der Waals surface area (Å²) in [4.78, 5) is 12.9. The van der Waals surface area contributed by atoms with E-state index in [0.29, 0.717) is 22.8 Å². The van der Waals surface area contributed by atoms with E-state index < -0.39 is 24.2 Å². The number of halogens is 3. The van der Waals surface area contributed by atoms with E-state index in [4.69, 9.17) is 14.2 Å². The van der Waals surface area contributed by atoms with E-state index in [2.05, 4.69) is 15.7 Å². The molecule has 8 nitrogen and oxygen atoms in total. The predicted molar refractivity (Wildman–Crippen MR) is 115 cm³/mol. The average molecular weight is 474 g/mol. The van der Waals surface area contributed by atoms with E-state index >= 15 is 0 Å². The van der Waals surface area contributed by atoms with Gasteiger partial charge in [-0.15, -0.1) is 0 Å². The van der Waals surface area contributed by atoms with Crippen LogP contribution in [-0.2, 0) is 6.54 Å². The van der Waals surface area contributed by atoms with Gasteiger partial charge in [0.25, 0.3) is 5.91 Å². The maximum Gasteiger partial charge on any atom is 0.410 e. The van der Waals surface area contributed by atoms with Crippen LogP contribution in [-0.4, -0.2) is 35.8 Å². The number of fused-ring (bicyclic) bond motifs is 2. The van der Waals surface area contributed by atoms with Gasteiger partial charge in [-0.25, -0.2) is 4.68 Å². The van der Waals surface area contributed by atoms with Crippen LogP contribution in [0.5, 0.6) is 17.2 Å². The number of amides is 1. The maximum absolute atomic E-state index is 13.9. The minimum Gasteiger partial charge on any atom is -0.496 e. The summed E-state index contributed by atoms with van der Waals surface area (Å²) >= 11 is 0. The number of nitrogens with one attached hydrogen (secondary N) is 2. The van der Waals surface area contributed by atoms with Crippen LogP contribution < -0.4 is 24.8 Å². The molecule has 2 unspecified atom stereocenters. The summed E-state index contributed by atoms with van der Waals surface area (Å²) in [5, 5.41) is 9.72. The normalized spacial score (nSPS) is 18.7. The molecule has 0 saturated heterocycles. The van der Waals surface area contributed by atoms with Gasteiger partial charge in [0.2, 0.25) is 6.79 Å². The Morgan fingerprint density at radius 2 is 2.03 bits per heavy atom. The molecule has 0 bridgehead atoms. The van der Waals surface area contributed by atoms with Crippen LogP contribution in [0.1, 0.15) is 40.0 Å². The number of methoxy groups -OCH3 is 1. The molecule has 2 aromatic carbocycles. The number of benzene rings is 2. The summed E-state index contributed by atoms with van der Waals surface area (Å²) in [6.45, 7) is 0.284. The quantitative estimate of drug-likeness (QED) is 0.576. The van der Waals surface area contributed by atoms with Gasteiger partial charge in [0, 0.05) is 18.5 Å². The summed E-state index contributed by atoms with van der Waals surface area (Å²) in [6, 6.07) is 9.49. The molecule has 0 fully saturated rings. The zero-order valence-corrected chi connectivity index (χ0v) is 18.1. The Kier molecular flexibility index (Phi) is 5.46. The van der Waals surface area contributed by atoms with Crippen LogP contribution in [0.4, 0.5) is 19.0 Å². The fourth-order valence-corrected chi connectivity index (χ4v) is 4.22. The first-order valence-corrected chi connectivity index (χ1v) is 10.6. The molecule has 1 amide bonds. The highest BCUT2D eigenvalue weighted by molar-refractivity contribution is 5.98. The Labute approximate surface area is 192 Å². The Morgan fingerprint density at radius 1 is 1.24 bits per heavy atom. The highest BCUT2D eigenvalue weighted by Crippen LogP contribution is 2.45. The van der Waals surface area contributed by atoms with E-state index in [-0.39, 0.29) is 31.1 Å². The topological polar surface area (TPSA) is 86.6 Å². The van der Waals surface area contributed by atoms with Gasteiger partial charge in [0.05, 0.1) is 19.3 Å². The van der Waals surface area contributed by atoms with E-state index in [1.54, 1.807) is 42.5 Å². The zero-order valence-electron chi connectivity index (χ0n) is 18.1. The molecule has 34 heavy (non-hydrogen) atoms. The van der Waals surface area contributed by atoms with Crippen LogP contribution in [0.25, 0.3) is 0 Å². The van der Waals surface area contributed by atoms with E-state index in [1.807, 2.05) is 0 Å². The van der Waals surface area contributed by atoms with Gasteiger partial charge < -0.3 is 24.8 Å². The third-order valence-electron chi connectivity index (χ3n) is 5.89. The number of hydrogen-bond donors (Lipinski definition) is 2. The lowest BCUT2D eigenvalue weighted by molar-refractivity contribution is -0.173. The second kappa shape index (κ2) is 8.47. The van der Waals surface area contributed by atoms with Crippen LogP contribution >= 0.6 is 0 Å². The van der Waals surface area contributed by atoms with Gasteiger partial charge in [-0.3, -0.25) is 4.79 Å². The number of para-hydroxylation sites is 1. The SMILES string of the molecule is COc1ccccc1C1CC(C(F)(F)F)n2ncc(C(=O)NCc3ccc4c(c3)OCO4)c2N1. The molecule has 0 saturated carbocycles. The van der Waals surface area contributed by atoms with Crippen LogP contribution in [0.3, 0.4) is 0 Å². The number of carbonyl (C=O) groups is 1. The lowest BCUT2D eigenvalue weighted by atomic mass is 9.95. The monoisotopic (exact) mass is 474 g/mol. The van der Waals surface area contributed by atoms with Crippen molar-refractivity contribution in [2.75, 3.05) is 19.2 Å². The van der Waals surface area contributed by atoms with E-state index in [9.17, 15) is 18.0 Å². The maximum atomic E-state index is 13.9.